The van der Waals surface area contributed by atoms with Gasteiger partial charge in [-0.2, -0.15) is 4.68 Å². The Bertz CT molecular complexity index is 1140. The number of aryl methyl sites for hydroxylation is 1. The molecule has 0 atom stereocenters. The lowest BCUT2D eigenvalue weighted by atomic mass is 10.1. The molecule has 0 bridgehead atoms. The Hall–Kier alpha value is -4.08. The summed E-state index contributed by atoms with van der Waals surface area (Å²) in [6.07, 6.45) is 4.05. The summed E-state index contributed by atoms with van der Waals surface area (Å²) in [5, 5.41) is 8.69. The van der Waals surface area contributed by atoms with Crippen molar-refractivity contribution in [2.45, 2.75) is 19.3 Å². The van der Waals surface area contributed by atoms with Crippen molar-refractivity contribution < 1.29 is 14.7 Å². The smallest absolute Gasteiger partial charge is 0.347 e. The third-order valence-electron chi connectivity index (χ3n) is 4.05. The number of carbonyl (C=O) groups excluding carboxylic acids is 1. The number of aromatic nitrogens is 4. The molecule has 0 fully saturated rings. The van der Waals surface area contributed by atoms with Crippen LogP contribution in [0.4, 0.5) is 0 Å². The number of rotatable bonds is 7. The van der Waals surface area contributed by atoms with E-state index in [-0.39, 0.29) is 30.4 Å². The number of hydrogen-bond acceptors (Lipinski definition) is 6. The molecule has 0 aliphatic rings. The number of carboxylic acid groups (broad SMARTS) is 1. The fourth-order valence-electron chi connectivity index (χ4n) is 2.57. The van der Waals surface area contributed by atoms with E-state index in [1.165, 1.54) is 18.6 Å². The van der Waals surface area contributed by atoms with Crippen molar-refractivity contribution in [1.82, 2.24) is 19.6 Å². The van der Waals surface area contributed by atoms with Gasteiger partial charge >= 0.3 is 11.7 Å². The number of H-pyrrole nitrogens is 1. The number of nitrogens with one attached hydrogen (secondary N) is 2. The van der Waals surface area contributed by atoms with E-state index < -0.39 is 23.1 Å². The first kappa shape index (κ1) is 19.7. The highest BCUT2D eigenvalue weighted by Crippen LogP contribution is 2.13. The van der Waals surface area contributed by atoms with Crippen LogP contribution in [0.2, 0.25) is 0 Å². The monoisotopic (exact) mass is 395 g/mol. The second-order valence-electron chi connectivity index (χ2n) is 6.11. The molecule has 0 spiro atoms. The Morgan fingerprint density at radius 3 is 2.45 bits per heavy atom. The van der Waals surface area contributed by atoms with Gasteiger partial charge in [0.15, 0.2) is 5.82 Å². The molecule has 10 heteroatoms. The highest BCUT2D eigenvalue weighted by Gasteiger charge is 2.13. The van der Waals surface area contributed by atoms with Crippen LogP contribution >= 0.6 is 0 Å². The zero-order chi connectivity index (χ0) is 20.8. The number of carbonyl (C=O) groups is 2. The van der Waals surface area contributed by atoms with Gasteiger partial charge in [0.1, 0.15) is 0 Å². The third-order valence-corrected chi connectivity index (χ3v) is 4.05. The molecule has 10 nitrogen and oxygen atoms in total. The topological polar surface area (TPSA) is 147 Å². The first-order valence-electron chi connectivity index (χ1n) is 8.70. The molecule has 3 aromatic rings. The maximum atomic E-state index is 12.4. The van der Waals surface area contributed by atoms with E-state index in [2.05, 4.69) is 20.4 Å². The van der Waals surface area contributed by atoms with E-state index in [9.17, 15) is 19.2 Å². The maximum Gasteiger partial charge on any atom is 0.347 e. The predicted octanol–water partition coefficient (Wildman–Crippen LogP) is 0.785. The molecule has 0 radical (unpaired) electrons. The summed E-state index contributed by atoms with van der Waals surface area (Å²) in [7, 11) is 0. The quantitative estimate of drug-likeness (QED) is 0.536. The number of aromatic amines is 1. The molecular weight excluding hydrogens is 378 g/mol. The van der Waals surface area contributed by atoms with Gasteiger partial charge in [-0.3, -0.25) is 19.8 Å². The average molecular weight is 395 g/mol. The summed E-state index contributed by atoms with van der Waals surface area (Å²) in [6, 6.07) is 9.17. The molecule has 29 heavy (non-hydrogen) atoms. The second kappa shape index (κ2) is 8.74. The van der Waals surface area contributed by atoms with E-state index in [0.717, 1.165) is 5.56 Å². The van der Waals surface area contributed by atoms with Crippen molar-refractivity contribution in [3.63, 3.8) is 0 Å². The Kier molecular flexibility index (Phi) is 5.93. The summed E-state index contributed by atoms with van der Waals surface area (Å²) in [5.41, 5.74) is 1.69. The molecule has 148 valence electrons. The predicted molar refractivity (Wildman–Crippen MR) is 103 cm³/mol. The molecule has 3 rings (SSSR count). The number of benzene rings is 1. The third kappa shape index (κ3) is 4.80. The Labute approximate surface area is 163 Å². The van der Waals surface area contributed by atoms with E-state index >= 15 is 0 Å². The van der Waals surface area contributed by atoms with Crippen molar-refractivity contribution >= 4 is 11.9 Å². The largest absolute Gasteiger partial charge is 0.481 e. The molecule has 0 saturated carbocycles. The van der Waals surface area contributed by atoms with E-state index in [0.29, 0.717) is 10.5 Å². The second-order valence-corrected chi connectivity index (χ2v) is 6.11. The van der Waals surface area contributed by atoms with Crippen molar-refractivity contribution in [2.24, 2.45) is 0 Å². The zero-order valence-corrected chi connectivity index (χ0v) is 15.2. The van der Waals surface area contributed by atoms with Gasteiger partial charge in [-0.25, -0.2) is 14.8 Å². The summed E-state index contributed by atoms with van der Waals surface area (Å²) in [5.74, 6) is -1.29. The van der Waals surface area contributed by atoms with Gasteiger partial charge in [0, 0.05) is 36.1 Å². The minimum Gasteiger partial charge on any atom is -0.481 e. The SMILES string of the molecule is O=C(O)CCCc1c[nH]c(=O)n(NC(=O)c2cnc(-c3ccccc3)nc2)c1=O. The summed E-state index contributed by atoms with van der Waals surface area (Å²) < 4.78 is 0.545. The van der Waals surface area contributed by atoms with Crippen LogP contribution in [0.5, 0.6) is 0 Å². The number of aliphatic carboxylic acids is 1. The van der Waals surface area contributed by atoms with Crippen LogP contribution in [0.3, 0.4) is 0 Å². The fraction of sp³-hybridized carbons (Fsp3) is 0.158. The first-order chi connectivity index (χ1) is 14.0. The van der Waals surface area contributed by atoms with Gasteiger partial charge in [-0.1, -0.05) is 30.3 Å². The lowest BCUT2D eigenvalue weighted by molar-refractivity contribution is -0.137. The minimum absolute atomic E-state index is 0.0623. The lowest BCUT2D eigenvalue weighted by Gasteiger charge is -2.08. The normalized spacial score (nSPS) is 10.5. The summed E-state index contributed by atoms with van der Waals surface area (Å²) in [6.45, 7) is 0. The Morgan fingerprint density at radius 1 is 1.10 bits per heavy atom. The van der Waals surface area contributed by atoms with Crippen LogP contribution in [0, 0.1) is 0 Å². The Balaban J connectivity index is 1.77. The lowest BCUT2D eigenvalue weighted by Crippen LogP contribution is -2.44. The average Bonchev–Trinajstić information content (AvgIpc) is 2.73. The van der Waals surface area contributed by atoms with Crippen LogP contribution in [-0.2, 0) is 11.2 Å². The number of carboxylic acids is 1. The van der Waals surface area contributed by atoms with Crippen LogP contribution in [0.25, 0.3) is 11.4 Å². The highest BCUT2D eigenvalue weighted by atomic mass is 16.4. The van der Waals surface area contributed by atoms with Crippen molar-refractivity contribution in [3.8, 4) is 11.4 Å². The molecule has 1 aromatic carbocycles. The molecule has 0 unspecified atom stereocenters. The van der Waals surface area contributed by atoms with Gasteiger partial charge in [0.2, 0.25) is 0 Å². The summed E-state index contributed by atoms with van der Waals surface area (Å²) >= 11 is 0. The van der Waals surface area contributed by atoms with Gasteiger partial charge in [-0.15, -0.1) is 0 Å². The fourth-order valence-corrected chi connectivity index (χ4v) is 2.57. The first-order valence-corrected chi connectivity index (χ1v) is 8.70. The van der Waals surface area contributed by atoms with E-state index in [1.807, 2.05) is 30.3 Å². The zero-order valence-electron chi connectivity index (χ0n) is 15.2. The number of amides is 1. The van der Waals surface area contributed by atoms with Gasteiger partial charge in [0.25, 0.3) is 11.5 Å². The molecule has 3 N–H and O–H groups in total. The number of hydrogen-bond donors (Lipinski definition) is 3. The molecule has 1 amide bonds. The van der Waals surface area contributed by atoms with E-state index in [4.69, 9.17) is 5.11 Å². The van der Waals surface area contributed by atoms with Gasteiger partial charge in [0.05, 0.1) is 5.56 Å². The summed E-state index contributed by atoms with van der Waals surface area (Å²) in [4.78, 5) is 58.0. The van der Waals surface area contributed by atoms with Crippen molar-refractivity contribution in [1.29, 1.82) is 0 Å². The van der Waals surface area contributed by atoms with E-state index in [1.54, 1.807) is 0 Å². The maximum absolute atomic E-state index is 12.4. The van der Waals surface area contributed by atoms with Crippen molar-refractivity contribution in [2.75, 3.05) is 5.43 Å². The minimum atomic E-state index is -0.984. The van der Waals surface area contributed by atoms with Crippen LogP contribution in [-0.4, -0.2) is 36.6 Å². The molecular formula is C19H17N5O5. The highest BCUT2D eigenvalue weighted by molar-refractivity contribution is 5.99. The standard InChI is InChI=1S/C19H17N5O5/c25-15(26)8-4-7-13-9-22-19(29)24(18(13)28)23-17(27)14-10-20-16(21-11-14)12-5-2-1-3-6-12/h1-3,5-6,9-11H,4,7-8H2,(H,22,29)(H,23,27)(H,25,26). The van der Waals surface area contributed by atoms with Crippen molar-refractivity contribution in [3.05, 3.63) is 80.9 Å². The van der Waals surface area contributed by atoms with Gasteiger partial charge in [-0.05, 0) is 12.8 Å². The molecule has 2 heterocycles. The Morgan fingerprint density at radius 2 is 1.79 bits per heavy atom. The van der Waals surface area contributed by atoms with Gasteiger partial charge < -0.3 is 10.1 Å². The molecule has 2 aromatic heterocycles. The molecule has 0 saturated heterocycles. The van der Waals surface area contributed by atoms with Crippen LogP contribution < -0.4 is 16.7 Å². The van der Waals surface area contributed by atoms with Crippen LogP contribution in [0.15, 0.2) is 58.5 Å². The molecule has 0 aliphatic carbocycles. The number of nitrogens with zero attached hydrogens (tertiary/aromatic N) is 3. The molecule has 0 aliphatic heterocycles. The van der Waals surface area contributed by atoms with Crippen LogP contribution in [0.1, 0.15) is 28.8 Å².